The van der Waals surface area contributed by atoms with Crippen molar-refractivity contribution in [2.75, 3.05) is 5.88 Å². The Bertz CT molecular complexity index is 643. The Balaban J connectivity index is 1.72. The van der Waals surface area contributed by atoms with Gasteiger partial charge in [-0.25, -0.2) is 9.97 Å². The zero-order valence-electron chi connectivity index (χ0n) is 12.6. The molecule has 0 aliphatic heterocycles. The van der Waals surface area contributed by atoms with Gasteiger partial charge in [0.1, 0.15) is 11.3 Å². The first-order chi connectivity index (χ1) is 10.3. The van der Waals surface area contributed by atoms with Crippen LogP contribution >= 0.6 is 11.6 Å². The molecular formula is C17H22ClN3. The zero-order valence-corrected chi connectivity index (χ0v) is 13.3. The third-order valence-electron chi connectivity index (χ3n) is 4.97. The molecule has 0 radical (unpaired) electrons. The summed E-state index contributed by atoms with van der Waals surface area (Å²) in [5, 5.41) is 0. The number of nitrogens with zero attached hydrogens (tertiary/aromatic N) is 3. The van der Waals surface area contributed by atoms with Crippen molar-refractivity contribution in [3.8, 4) is 0 Å². The molecule has 0 atom stereocenters. The van der Waals surface area contributed by atoms with Crippen molar-refractivity contribution in [2.45, 2.75) is 45.6 Å². The average molecular weight is 304 g/mol. The quantitative estimate of drug-likeness (QED) is 0.756. The third-order valence-corrected chi connectivity index (χ3v) is 5.16. The molecular weight excluding hydrogens is 282 g/mol. The molecule has 0 spiro atoms. The van der Waals surface area contributed by atoms with Gasteiger partial charge in [0.2, 0.25) is 0 Å². The Kier molecular flexibility index (Phi) is 3.41. The zero-order chi connectivity index (χ0) is 14.4. The number of imidazole rings is 1. The highest BCUT2D eigenvalue weighted by Crippen LogP contribution is 2.50. The molecule has 2 aromatic rings. The van der Waals surface area contributed by atoms with Crippen LogP contribution in [0.3, 0.4) is 0 Å². The van der Waals surface area contributed by atoms with Gasteiger partial charge in [-0.2, -0.15) is 0 Å². The number of aryl methyl sites for hydroxylation is 2. The van der Waals surface area contributed by atoms with Crippen LogP contribution in [0.25, 0.3) is 11.2 Å². The summed E-state index contributed by atoms with van der Waals surface area (Å²) in [7, 11) is 0. The van der Waals surface area contributed by atoms with Gasteiger partial charge in [-0.15, -0.1) is 11.6 Å². The molecule has 2 aliphatic rings. The fourth-order valence-corrected chi connectivity index (χ4v) is 3.74. The maximum absolute atomic E-state index is 5.98. The van der Waals surface area contributed by atoms with Crippen LogP contribution in [0.1, 0.15) is 37.1 Å². The molecule has 2 heterocycles. The molecule has 2 aromatic heterocycles. The summed E-state index contributed by atoms with van der Waals surface area (Å²) in [6.45, 7) is 3.16. The molecule has 112 valence electrons. The maximum atomic E-state index is 5.98. The number of aromatic nitrogens is 3. The minimum Gasteiger partial charge on any atom is -0.312 e. The lowest BCUT2D eigenvalue weighted by atomic mass is 9.98. The number of hydrogen-bond donors (Lipinski definition) is 0. The minimum absolute atomic E-state index is 0.625. The normalized spacial score (nSPS) is 18.8. The highest BCUT2D eigenvalue weighted by atomic mass is 35.5. The molecule has 0 amide bonds. The summed E-state index contributed by atoms with van der Waals surface area (Å²) >= 11 is 5.98. The highest BCUT2D eigenvalue weighted by molar-refractivity contribution is 6.17. The Morgan fingerprint density at radius 1 is 1.29 bits per heavy atom. The predicted octanol–water partition coefficient (Wildman–Crippen LogP) is 3.96. The lowest BCUT2D eigenvalue weighted by Crippen LogP contribution is -2.17. The summed E-state index contributed by atoms with van der Waals surface area (Å²) < 4.78 is 2.36. The van der Waals surface area contributed by atoms with E-state index in [1.165, 1.54) is 31.2 Å². The van der Waals surface area contributed by atoms with Gasteiger partial charge in [-0.05, 0) is 62.0 Å². The van der Waals surface area contributed by atoms with Gasteiger partial charge in [-0.1, -0.05) is 0 Å². The first kappa shape index (κ1) is 13.6. The number of alkyl halides is 1. The summed E-state index contributed by atoms with van der Waals surface area (Å²) in [6.07, 6.45) is 8.47. The molecule has 2 saturated carbocycles. The van der Waals surface area contributed by atoms with Gasteiger partial charge in [0.15, 0.2) is 5.65 Å². The number of pyridine rings is 1. The molecule has 2 aliphatic carbocycles. The molecule has 0 unspecified atom stereocenters. The van der Waals surface area contributed by atoms with E-state index < -0.39 is 0 Å². The van der Waals surface area contributed by atoms with Crippen molar-refractivity contribution in [3.63, 3.8) is 0 Å². The molecule has 0 N–H and O–H groups in total. The van der Waals surface area contributed by atoms with E-state index in [1.54, 1.807) is 0 Å². The number of hydrogen-bond acceptors (Lipinski definition) is 2. The molecule has 0 aromatic carbocycles. The molecule has 4 rings (SSSR count). The second-order valence-corrected chi connectivity index (χ2v) is 7.15. The second-order valence-electron chi connectivity index (χ2n) is 6.77. The van der Waals surface area contributed by atoms with Crippen molar-refractivity contribution in [1.82, 2.24) is 14.5 Å². The summed E-state index contributed by atoms with van der Waals surface area (Å²) in [5.74, 6) is 4.47. The predicted molar refractivity (Wildman–Crippen MR) is 85.6 cm³/mol. The van der Waals surface area contributed by atoms with Gasteiger partial charge < -0.3 is 4.57 Å². The van der Waals surface area contributed by atoms with Crippen molar-refractivity contribution < 1.29 is 0 Å². The third kappa shape index (κ3) is 2.68. The Hall–Kier alpha value is -1.09. The van der Waals surface area contributed by atoms with Crippen molar-refractivity contribution in [1.29, 1.82) is 0 Å². The van der Waals surface area contributed by atoms with Crippen LogP contribution in [0.5, 0.6) is 0 Å². The summed E-state index contributed by atoms with van der Waals surface area (Å²) in [4.78, 5) is 9.45. The van der Waals surface area contributed by atoms with Crippen LogP contribution in [0.15, 0.2) is 12.3 Å². The number of fused-ring (bicyclic) bond motifs is 1. The molecule has 21 heavy (non-hydrogen) atoms. The van der Waals surface area contributed by atoms with Gasteiger partial charge in [0.25, 0.3) is 0 Å². The highest BCUT2D eigenvalue weighted by Gasteiger charge is 2.41. The lowest BCUT2D eigenvalue weighted by molar-refractivity contribution is 0.348. The topological polar surface area (TPSA) is 30.7 Å². The standard InChI is InChI=1S/C17H22ClN3/c1-11-8-15-17(19-9-11)21(16(20-15)6-7-18)10-14(12-2-3-12)13-4-5-13/h8-9,12-14H,2-7,10H2,1H3. The molecule has 0 saturated heterocycles. The summed E-state index contributed by atoms with van der Waals surface area (Å²) in [5.41, 5.74) is 3.25. The van der Waals surface area contributed by atoms with E-state index in [9.17, 15) is 0 Å². The monoisotopic (exact) mass is 303 g/mol. The van der Waals surface area contributed by atoms with Crippen LogP contribution in [0.4, 0.5) is 0 Å². The van der Waals surface area contributed by atoms with Gasteiger partial charge in [0, 0.05) is 25.0 Å². The van der Waals surface area contributed by atoms with Crippen molar-refractivity contribution in [3.05, 3.63) is 23.7 Å². The smallest absolute Gasteiger partial charge is 0.160 e. The van der Waals surface area contributed by atoms with E-state index in [4.69, 9.17) is 16.6 Å². The van der Waals surface area contributed by atoms with E-state index in [1.807, 2.05) is 6.20 Å². The van der Waals surface area contributed by atoms with Crippen LogP contribution in [-0.2, 0) is 13.0 Å². The van der Waals surface area contributed by atoms with E-state index in [2.05, 4.69) is 22.5 Å². The largest absolute Gasteiger partial charge is 0.312 e. The maximum Gasteiger partial charge on any atom is 0.160 e. The molecule has 3 nitrogen and oxygen atoms in total. The molecule has 4 heteroatoms. The first-order valence-corrected chi connectivity index (χ1v) is 8.67. The van der Waals surface area contributed by atoms with Crippen molar-refractivity contribution >= 4 is 22.8 Å². The molecule has 2 fully saturated rings. The van der Waals surface area contributed by atoms with E-state index in [-0.39, 0.29) is 0 Å². The van der Waals surface area contributed by atoms with E-state index >= 15 is 0 Å². The average Bonchev–Trinajstić information content (AvgIpc) is 3.35. The Morgan fingerprint density at radius 2 is 2.00 bits per heavy atom. The van der Waals surface area contributed by atoms with Crippen molar-refractivity contribution in [2.24, 2.45) is 17.8 Å². The lowest BCUT2D eigenvalue weighted by Gasteiger charge is -2.18. The van der Waals surface area contributed by atoms with Crippen LogP contribution in [-0.4, -0.2) is 20.4 Å². The molecule has 0 bridgehead atoms. The minimum atomic E-state index is 0.625. The number of halogens is 1. The van der Waals surface area contributed by atoms with Crippen LogP contribution in [0, 0.1) is 24.7 Å². The first-order valence-electron chi connectivity index (χ1n) is 8.14. The van der Waals surface area contributed by atoms with E-state index in [0.717, 1.165) is 47.7 Å². The number of rotatable bonds is 6. The fraction of sp³-hybridized carbons (Fsp3) is 0.647. The van der Waals surface area contributed by atoms with Gasteiger partial charge >= 0.3 is 0 Å². The second kappa shape index (κ2) is 5.28. The fourth-order valence-electron chi connectivity index (χ4n) is 3.57. The SMILES string of the molecule is Cc1cnc2c(c1)nc(CCCl)n2CC(C1CC1)C1CC1. The van der Waals surface area contributed by atoms with Gasteiger partial charge in [0.05, 0.1) is 0 Å². The van der Waals surface area contributed by atoms with E-state index in [0.29, 0.717) is 5.88 Å². The van der Waals surface area contributed by atoms with Crippen LogP contribution < -0.4 is 0 Å². The summed E-state index contributed by atoms with van der Waals surface area (Å²) in [6, 6.07) is 2.14. The Labute approximate surface area is 130 Å². The van der Waals surface area contributed by atoms with Crippen LogP contribution in [0.2, 0.25) is 0 Å². The van der Waals surface area contributed by atoms with Gasteiger partial charge in [-0.3, -0.25) is 0 Å². The Morgan fingerprint density at radius 3 is 2.62 bits per heavy atom.